The quantitative estimate of drug-likeness (QED) is 0.878. The summed E-state index contributed by atoms with van der Waals surface area (Å²) in [5.74, 6) is 0.547. The molecule has 2 rings (SSSR count). The van der Waals surface area contributed by atoms with Crippen molar-refractivity contribution in [2.24, 2.45) is 0 Å². The number of hydrogen-bond acceptors (Lipinski definition) is 5. The molecule has 106 valence electrons. The SMILES string of the molecule is CNc1ncccc1S(=O)(=O)Nc1cc(C)c(Br)cn1. The first kappa shape index (κ1) is 14.7. The van der Waals surface area contributed by atoms with E-state index in [0.717, 1.165) is 10.0 Å². The van der Waals surface area contributed by atoms with Crippen LogP contribution >= 0.6 is 15.9 Å². The second-order valence-corrected chi connectivity index (χ2v) is 6.53. The minimum Gasteiger partial charge on any atom is -0.372 e. The van der Waals surface area contributed by atoms with Crippen molar-refractivity contribution in [1.29, 1.82) is 0 Å². The zero-order valence-corrected chi connectivity index (χ0v) is 13.3. The first-order chi connectivity index (χ1) is 9.44. The van der Waals surface area contributed by atoms with E-state index in [2.05, 4.69) is 35.9 Å². The maximum absolute atomic E-state index is 12.3. The normalized spacial score (nSPS) is 11.2. The highest BCUT2D eigenvalue weighted by Crippen LogP contribution is 2.22. The third-order valence-corrected chi connectivity index (χ3v) is 4.80. The lowest BCUT2D eigenvalue weighted by molar-refractivity contribution is 0.601. The Labute approximate surface area is 125 Å². The Balaban J connectivity index is 2.38. The summed E-state index contributed by atoms with van der Waals surface area (Å²) in [5.41, 5.74) is 0.887. The molecule has 0 bridgehead atoms. The largest absolute Gasteiger partial charge is 0.372 e. The number of nitrogens with one attached hydrogen (secondary N) is 2. The molecular weight excluding hydrogens is 344 g/mol. The van der Waals surface area contributed by atoms with E-state index < -0.39 is 10.0 Å². The van der Waals surface area contributed by atoms with E-state index in [0.29, 0.717) is 0 Å². The van der Waals surface area contributed by atoms with E-state index in [9.17, 15) is 8.42 Å². The number of sulfonamides is 1. The van der Waals surface area contributed by atoms with E-state index >= 15 is 0 Å². The van der Waals surface area contributed by atoms with Crippen molar-refractivity contribution in [1.82, 2.24) is 9.97 Å². The number of aryl methyl sites for hydroxylation is 1. The molecule has 0 atom stereocenters. The van der Waals surface area contributed by atoms with Crippen LogP contribution < -0.4 is 10.0 Å². The van der Waals surface area contributed by atoms with E-state index in [-0.39, 0.29) is 16.5 Å². The maximum Gasteiger partial charge on any atom is 0.266 e. The van der Waals surface area contributed by atoms with Crippen molar-refractivity contribution < 1.29 is 8.42 Å². The average Bonchev–Trinajstić information content (AvgIpc) is 2.42. The lowest BCUT2D eigenvalue weighted by Crippen LogP contribution is -2.16. The van der Waals surface area contributed by atoms with Crippen molar-refractivity contribution in [3.05, 3.63) is 40.6 Å². The molecule has 0 saturated heterocycles. The van der Waals surface area contributed by atoms with Crippen LogP contribution in [0, 0.1) is 6.92 Å². The second-order valence-electron chi connectivity index (χ2n) is 4.02. The molecule has 2 aromatic rings. The molecule has 0 saturated carbocycles. The van der Waals surface area contributed by atoms with Crippen LogP contribution in [0.2, 0.25) is 0 Å². The van der Waals surface area contributed by atoms with Crippen LogP contribution in [-0.2, 0) is 10.0 Å². The van der Waals surface area contributed by atoms with Crippen molar-refractivity contribution >= 4 is 37.6 Å². The molecule has 0 amide bonds. The predicted octanol–water partition coefficient (Wildman–Crippen LogP) is 2.39. The molecule has 8 heteroatoms. The summed E-state index contributed by atoms with van der Waals surface area (Å²) in [6.07, 6.45) is 3.07. The van der Waals surface area contributed by atoms with Gasteiger partial charge in [0.1, 0.15) is 16.5 Å². The highest BCUT2D eigenvalue weighted by molar-refractivity contribution is 9.10. The lowest BCUT2D eigenvalue weighted by Gasteiger charge is -2.11. The monoisotopic (exact) mass is 356 g/mol. The van der Waals surface area contributed by atoms with Gasteiger partial charge >= 0.3 is 0 Å². The topological polar surface area (TPSA) is 84.0 Å². The molecule has 0 radical (unpaired) electrons. The van der Waals surface area contributed by atoms with Crippen molar-refractivity contribution in [2.75, 3.05) is 17.1 Å². The lowest BCUT2D eigenvalue weighted by atomic mass is 10.3. The summed E-state index contributed by atoms with van der Waals surface area (Å²) in [4.78, 5) is 8.08. The van der Waals surface area contributed by atoms with Gasteiger partial charge in [0.25, 0.3) is 10.0 Å². The van der Waals surface area contributed by atoms with Gasteiger partial charge in [0.05, 0.1) is 0 Å². The molecule has 20 heavy (non-hydrogen) atoms. The van der Waals surface area contributed by atoms with Crippen LogP contribution in [0.15, 0.2) is 40.0 Å². The molecule has 0 aliphatic heterocycles. The molecule has 0 fully saturated rings. The maximum atomic E-state index is 12.3. The Morgan fingerprint density at radius 1 is 1.30 bits per heavy atom. The van der Waals surface area contributed by atoms with Gasteiger partial charge in [0, 0.05) is 23.9 Å². The van der Waals surface area contributed by atoms with Gasteiger partial charge in [-0.3, -0.25) is 4.72 Å². The highest BCUT2D eigenvalue weighted by Gasteiger charge is 2.19. The molecule has 0 aliphatic carbocycles. The van der Waals surface area contributed by atoms with Gasteiger partial charge in [0.15, 0.2) is 0 Å². The van der Waals surface area contributed by atoms with Gasteiger partial charge in [-0.05, 0) is 46.6 Å². The van der Waals surface area contributed by atoms with Crippen LogP contribution in [0.1, 0.15) is 5.56 Å². The molecule has 2 N–H and O–H groups in total. The first-order valence-electron chi connectivity index (χ1n) is 5.72. The number of halogens is 1. The fourth-order valence-electron chi connectivity index (χ4n) is 1.58. The number of rotatable bonds is 4. The molecule has 6 nitrogen and oxygen atoms in total. The average molecular weight is 357 g/mol. The molecular formula is C12H13BrN4O2S. The number of aromatic nitrogens is 2. The Hall–Kier alpha value is -1.67. The van der Waals surface area contributed by atoms with Gasteiger partial charge < -0.3 is 5.32 Å². The fraction of sp³-hybridized carbons (Fsp3) is 0.167. The van der Waals surface area contributed by atoms with Gasteiger partial charge in [-0.25, -0.2) is 18.4 Å². The van der Waals surface area contributed by atoms with Gasteiger partial charge in [-0.2, -0.15) is 0 Å². The molecule has 0 unspecified atom stereocenters. The van der Waals surface area contributed by atoms with Crippen LogP contribution in [0.4, 0.5) is 11.6 Å². The van der Waals surface area contributed by atoms with Crippen molar-refractivity contribution in [3.63, 3.8) is 0 Å². The summed E-state index contributed by atoms with van der Waals surface area (Å²) in [7, 11) is -2.12. The molecule has 0 spiro atoms. The van der Waals surface area contributed by atoms with E-state index in [1.54, 1.807) is 25.4 Å². The standard InChI is InChI=1S/C12H13BrN4O2S/c1-8-6-11(16-7-9(8)13)17-20(18,19)10-4-3-5-15-12(10)14-2/h3-7H,1-2H3,(H,14,15)(H,16,17). The first-order valence-corrected chi connectivity index (χ1v) is 7.99. The van der Waals surface area contributed by atoms with Crippen molar-refractivity contribution in [2.45, 2.75) is 11.8 Å². The Morgan fingerprint density at radius 3 is 2.70 bits per heavy atom. The smallest absolute Gasteiger partial charge is 0.266 e. The van der Waals surface area contributed by atoms with Gasteiger partial charge in [0.2, 0.25) is 0 Å². The third kappa shape index (κ3) is 3.07. The van der Waals surface area contributed by atoms with Crippen LogP contribution in [-0.4, -0.2) is 25.4 Å². The minimum atomic E-state index is -3.74. The van der Waals surface area contributed by atoms with E-state index in [4.69, 9.17) is 0 Å². The van der Waals surface area contributed by atoms with Crippen LogP contribution in [0.25, 0.3) is 0 Å². The molecule has 2 aromatic heterocycles. The minimum absolute atomic E-state index is 0.0740. The highest BCUT2D eigenvalue weighted by atomic mass is 79.9. The van der Waals surface area contributed by atoms with E-state index in [1.165, 1.54) is 12.3 Å². The Kier molecular flexibility index (Phi) is 4.24. The molecule has 0 aliphatic rings. The predicted molar refractivity (Wildman–Crippen MR) is 81.3 cm³/mol. The van der Waals surface area contributed by atoms with Crippen molar-refractivity contribution in [3.8, 4) is 0 Å². The summed E-state index contributed by atoms with van der Waals surface area (Å²) in [6.45, 7) is 1.85. The third-order valence-electron chi connectivity index (χ3n) is 2.58. The Bertz CT molecular complexity index is 734. The van der Waals surface area contributed by atoms with E-state index in [1.807, 2.05) is 6.92 Å². The summed E-state index contributed by atoms with van der Waals surface area (Å²) >= 11 is 3.32. The molecule has 2 heterocycles. The van der Waals surface area contributed by atoms with Gasteiger partial charge in [-0.15, -0.1) is 0 Å². The second kappa shape index (κ2) is 5.76. The molecule has 0 aromatic carbocycles. The number of anilines is 2. The van der Waals surface area contributed by atoms with Crippen LogP contribution in [0.5, 0.6) is 0 Å². The summed E-state index contributed by atoms with van der Waals surface area (Å²) in [5, 5.41) is 2.75. The Morgan fingerprint density at radius 2 is 2.05 bits per heavy atom. The number of nitrogens with zero attached hydrogens (tertiary/aromatic N) is 2. The summed E-state index contributed by atoms with van der Waals surface area (Å²) in [6, 6.07) is 4.69. The number of hydrogen-bond donors (Lipinski definition) is 2. The number of pyridine rings is 2. The van der Waals surface area contributed by atoms with Gasteiger partial charge in [-0.1, -0.05) is 0 Å². The van der Waals surface area contributed by atoms with Crippen LogP contribution in [0.3, 0.4) is 0 Å². The zero-order valence-electron chi connectivity index (χ0n) is 10.9. The zero-order chi connectivity index (χ0) is 14.8. The summed E-state index contributed by atoms with van der Waals surface area (Å²) < 4.78 is 27.9. The fourth-order valence-corrected chi connectivity index (χ4v) is 2.96.